The molecule has 0 aliphatic heterocycles. The maximum absolute atomic E-state index is 12.0. The highest BCUT2D eigenvalue weighted by Gasteiger charge is 2.10. The summed E-state index contributed by atoms with van der Waals surface area (Å²) >= 11 is 7.63. The smallest absolute Gasteiger partial charge is 0.271 e. The first-order chi connectivity index (χ1) is 12.6. The standard InChI is InChI=1S/C19H18ClN3O2S/c20-14-8-2-1-7-13(14)19(25)23-22-17(24)11-5-6-12-18-21-15-9-3-4-10-16(15)26-18/h1-4,7-10H,5-6,11-12H2,(H,22,24)(H,23,25). The molecule has 0 unspecified atom stereocenters. The van der Waals surface area contributed by atoms with E-state index in [1.165, 1.54) is 4.70 Å². The minimum Gasteiger partial charge on any atom is -0.273 e. The molecule has 26 heavy (non-hydrogen) atoms. The van der Waals surface area contributed by atoms with Crippen molar-refractivity contribution in [2.75, 3.05) is 0 Å². The summed E-state index contributed by atoms with van der Waals surface area (Å²) in [5, 5.41) is 1.42. The van der Waals surface area contributed by atoms with Gasteiger partial charge in [0.25, 0.3) is 5.91 Å². The lowest BCUT2D eigenvalue weighted by atomic mass is 10.2. The number of amides is 2. The molecule has 0 radical (unpaired) electrons. The molecule has 0 spiro atoms. The molecule has 7 heteroatoms. The van der Waals surface area contributed by atoms with Crippen LogP contribution in [0.3, 0.4) is 0 Å². The van der Waals surface area contributed by atoms with E-state index in [1.807, 2.05) is 18.2 Å². The third-order valence-electron chi connectivity index (χ3n) is 3.82. The number of hydrogen-bond acceptors (Lipinski definition) is 4. The number of rotatable bonds is 6. The molecule has 0 bridgehead atoms. The minimum absolute atomic E-state index is 0.227. The fraction of sp³-hybridized carbons (Fsp3) is 0.211. The summed E-state index contributed by atoms with van der Waals surface area (Å²) in [7, 11) is 0. The van der Waals surface area contributed by atoms with Gasteiger partial charge in [0.2, 0.25) is 5.91 Å². The van der Waals surface area contributed by atoms with Gasteiger partial charge in [0, 0.05) is 6.42 Å². The Kier molecular flexibility index (Phi) is 6.20. The average molecular weight is 388 g/mol. The lowest BCUT2D eigenvalue weighted by Crippen LogP contribution is -2.41. The van der Waals surface area contributed by atoms with Crippen LogP contribution in [0.5, 0.6) is 0 Å². The first kappa shape index (κ1) is 18.4. The van der Waals surface area contributed by atoms with Crippen molar-refractivity contribution in [3.8, 4) is 0 Å². The van der Waals surface area contributed by atoms with Crippen molar-refractivity contribution >= 4 is 45.0 Å². The Morgan fingerprint density at radius 2 is 1.77 bits per heavy atom. The predicted molar refractivity (Wildman–Crippen MR) is 104 cm³/mol. The third-order valence-corrected chi connectivity index (χ3v) is 5.24. The van der Waals surface area contributed by atoms with Gasteiger partial charge in [0.15, 0.2) is 0 Å². The molecule has 2 aromatic carbocycles. The molecule has 0 aliphatic carbocycles. The number of carbonyl (C=O) groups is 2. The van der Waals surface area contributed by atoms with Crippen molar-refractivity contribution in [3.05, 3.63) is 64.1 Å². The van der Waals surface area contributed by atoms with Gasteiger partial charge in [0.1, 0.15) is 0 Å². The fourth-order valence-electron chi connectivity index (χ4n) is 2.49. The molecule has 134 valence electrons. The number of aromatic nitrogens is 1. The Morgan fingerprint density at radius 1 is 1.00 bits per heavy atom. The number of fused-ring (bicyclic) bond motifs is 1. The maximum atomic E-state index is 12.0. The molecule has 1 aromatic heterocycles. The van der Waals surface area contributed by atoms with Crippen molar-refractivity contribution in [2.24, 2.45) is 0 Å². The molecular weight excluding hydrogens is 370 g/mol. The zero-order valence-electron chi connectivity index (χ0n) is 14.0. The molecule has 1 heterocycles. The molecule has 0 aliphatic rings. The average Bonchev–Trinajstić information content (AvgIpc) is 3.06. The van der Waals surface area contributed by atoms with Crippen molar-refractivity contribution < 1.29 is 9.59 Å². The minimum atomic E-state index is -0.432. The largest absolute Gasteiger partial charge is 0.273 e. The molecule has 3 rings (SSSR count). The molecule has 0 atom stereocenters. The quantitative estimate of drug-likeness (QED) is 0.493. The number of nitrogens with zero attached hydrogens (tertiary/aromatic N) is 1. The SMILES string of the molecule is O=C(CCCCc1nc2ccccc2s1)NNC(=O)c1ccccc1Cl. The van der Waals surface area contributed by atoms with Gasteiger partial charge in [-0.3, -0.25) is 20.4 Å². The number of aryl methyl sites for hydroxylation is 1. The van der Waals surface area contributed by atoms with Crippen LogP contribution in [0.1, 0.15) is 34.6 Å². The van der Waals surface area contributed by atoms with E-state index in [1.54, 1.807) is 35.6 Å². The second-order valence-corrected chi connectivity index (χ2v) is 7.29. The summed E-state index contributed by atoms with van der Waals surface area (Å²) in [6.07, 6.45) is 2.78. The number of benzene rings is 2. The number of hydrogen-bond donors (Lipinski definition) is 2. The van der Waals surface area contributed by atoms with Gasteiger partial charge < -0.3 is 0 Å². The highest BCUT2D eigenvalue weighted by molar-refractivity contribution is 7.18. The zero-order chi connectivity index (χ0) is 18.4. The summed E-state index contributed by atoms with van der Waals surface area (Å²) in [5.41, 5.74) is 6.15. The van der Waals surface area contributed by atoms with Crippen LogP contribution < -0.4 is 10.9 Å². The number of unbranched alkanes of at least 4 members (excludes halogenated alkanes) is 1. The van der Waals surface area contributed by atoms with Gasteiger partial charge in [-0.25, -0.2) is 4.98 Å². The van der Waals surface area contributed by atoms with E-state index in [9.17, 15) is 9.59 Å². The van der Waals surface area contributed by atoms with Gasteiger partial charge >= 0.3 is 0 Å². The fourth-order valence-corrected chi connectivity index (χ4v) is 3.72. The van der Waals surface area contributed by atoms with Crippen LogP contribution in [0.15, 0.2) is 48.5 Å². The molecule has 2 amide bonds. The molecule has 0 saturated heterocycles. The number of halogens is 1. The van der Waals surface area contributed by atoms with Gasteiger partial charge in [-0.1, -0.05) is 35.9 Å². The second kappa shape index (κ2) is 8.78. The first-order valence-electron chi connectivity index (χ1n) is 8.31. The monoisotopic (exact) mass is 387 g/mol. The molecule has 2 N–H and O–H groups in total. The van der Waals surface area contributed by atoms with E-state index in [-0.39, 0.29) is 5.91 Å². The Hall–Kier alpha value is -2.44. The number of nitrogens with one attached hydrogen (secondary N) is 2. The topological polar surface area (TPSA) is 71.1 Å². The van der Waals surface area contributed by atoms with E-state index >= 15 is 0 Å². The van der Waals surface area contributed by atoms with Crippen LogP contribution in [-0.4, -0.2) is 16.8 Å². The lowest BCUT2D eigenvalue weighted by molar-refractivity contribution is -0.121. The van der Waals surface area contributed by atoms with Crippen molar-refractivity contribution in [1.82, 2.24) is 15.8 Å². The highest BCUT2D eigenvalue weighted by Crippen LogP contribution is 2.22. The molecule has 5 nitrogen and oxygen atoms in total. The van der Waals surface area contributed by atoms with Crippen LogP contribution in [0.25, 0.3) is 10.2 Å². The van der Waals surface area contributed by atoms with Gasteiger partial charge in [-0.15, -0.1) is 11.3 Å². The van der Waals surface area contributed by atoms with Crippen LogP contribution in [0, 0.1) is 0 Å². The zero-order valence-corrected chi connectivity index (χ0v) is 15.6. The van der Waals surface area contributed by atoms with E-state index < -0.39 is 5.91 Å². The number of hydrazine groups is 1. The van der Waals surface area contributed by atoms with E-state index in [0.29, 0.717) is 17.0 Å². The molecule has 3 aromatic rings. The van der Waals surface area contributed by atoms with Crippen molar-refractivity contribution in [3.63, 3.8) is 0 Å². The Balaban J connectivity index is 1.37. The third kappa shape index (κ3) is 4.80. The summed E-state index contributed by atoms with van der Waals surface area (Å²) in [4.78, 5) is 28.4. The summed E-state index contributed by atoms with van der Waals surface area (Å²) in [6.45, 7) is 0. The summed E-state index contributed by atoms with van der Waals surface area (Å²) in [5.74, 6) is -0.659. The highest BCUT2D eigenvalue weighted by atomic mass is 35.5. The van der Waals surface area contributed by atoms with Gasteiger partial charge in [0.05, 0.1) is 25.8 Å². The van der Waals surface area contributed by atoms with E-state index in [0.717, 1.165) is 29.8 Å². The number of para-hydroxylation sites is 1. The molecule has 0 fully saturated rings. The van der Waals surface area contributed by atoms with Crippen LogP contribution in [0.4, 0.5) is 0 Å². The first-order valence-corrected chi connectivity index (χ1v) is 9.51. The Morgan fingerprint density at radius 3 is 2.58 bits per heavy atom. The Bertz CT molecular complexity index is 893. The Labute approximate surface area is 160 Å². The van der Waals surface area contributed by atoms with Gasteiger partial charge in [-0.2, -0.15) is 0 Å². The maximum Gasteiger partial charge on any atom is 0.271 e. The summed E-state index contributed by atoms with van der Waals surface area (Å²) in [6, 6.07) is 14.7. The lowest BCUT2D eigenvalue weighted by Gasteiger charge is -2.08. The van der Waals surface area contributed by atoms with Gasteiger partial charge in [-0.05, 0) is 43.5 Å². The van der Waals surface area contributed by atoms with E-state index in [2.05, 4.69) is 21.9 Å². The summed E-state index contributed by atoms with van der Waals surface area (Å²) < 4.78 is 1.18. The molecule has 0 saturated carbocycles. The van der Waals surface area contributed by atoms with Crippen LogP contribution in [-0.2, 0) is 11.2 Å². The second-order valence-electron chi connectivity index (χ2n) is 5.76. The predicted octanol–water partition coefficient (Wildman–Crippen LogP) is 4.12. The van der Waals surface area contributed by atoms with Crippen LogP contribution in [0.2, 0.25) is 5.02 Å². The number of thiazole rings is 1. The van der Waals surface area contributed by atoms with E-state index in [4.69, 9.17) is 11.6 Å². The number of carbonyl (C=O) groups excluding carboxylic acids is 2. The van der Waals surface area contributed by atoms with Crippen molar-refractivity contribution in [2.45, 2.75) is 25.7 Å². The molecular formula is C19H18ClN3O2S. The normalized spacial score (nSPS) is 10.7. The van der Waals surface area contributed by atoms with Crippen LogP contribution >= 0.6 is 22.9 Å². The van der Waals surface area contributed by atoms with Crippen molar-refractivity contribution in [1.29, 1.82) is 0 Å².